The second-order valence-corrected chi connectivity index (χ2v) is 8.98. The van der Waals surface area contributed by atoms with E-state index in [4.69, 9.17) is 9.72 Å². The molecule has 0 aliphatic carbocycles. The van der Waals surface area contributed by atoms with Crippen molar-refractivity contribution in [2.75, 3.05) is 13.7 Å². The summed E-state index contributed by atoms with van der Waals surface area (Å²) >= 11 is 6.83. The molecule has 0 saturated carbocycles. The lowest BCUT2D eigenvalue weighted by Crippen LogP contribution is -2.07. The first kappa shape index (κ1) is 20.3. The fraction of sp³-hybridized carbons (Fsp3) is 0.190. The van der Waals surface area contributed by atoms with Crippen LogP contribution in [0.1, 0.15) is 5.69 Å². The van der Waals surface area contributed by atoms with Gasteiger partial charge >= 0.3 is 0 Å². The van der Waals surface area contributed by atoms with E-state index in [0.717, 1.165) is 43.0 Å². The molecule has 2 aromatic carbocycles. The van der Waals surface area contributed by atoms with E-state index >= 15 is 0 Å². The molecule has 0 saturated heterocycles. The van der Waals surface area contributed by atoms with Crippen molar-refractivity contribution in [3.8, 4) is 22.0 Å². The predicted molar refractivity (Wildman–Crippen MR) is 122 cm³/mol. The van der Waals surface area contributed by atoms with Crippen LogP contribution < -0.4 is 0 Å². The van der Waals surface area contributed by atoms with Crippen molar-refractivity contribution >= 4 is 39.0 Å². The molecule has 4 rings (SSSR count). The topological polar surface area (TPSA) is 52.8 Å². The van der Waals surface area contributed by atoms with Crippen molar-refractivity contribution < 1.29 is 4.74 Å². The molecule has 2 aromatic heterocycles. The molecule has 0 aliphatic heterocycles. The predicted octanol–water partition coefficient (Wildman–Crippen LogP) is 5.77. The largest absolute Gasteiger partial charge is 0.383 e. The minimum absolute atomic E-state index is 0.606. The normalized spacial score (nSPS) is 11.1. The lowest BCUT2D eigenvalue weighted by Gasteiger charge is -2.09. The molecule has 0 unspecified atom stereocenters. The van der Waals surface area contributed by atoms with Gasteiger partial charge in [0.15, 0.2) is 11.0 Å². The fourth-order valence-corrected chi connectivity index (χ4v) is 5.02. The highest BCUT2D eigenvalue weighted by molar-refractivity contribution is 9.10. The third-order valence-corrected chi connectivity index (χ3v) is 6.67. The summed E-state index contributed by atoms with van der Waals surface area (Å²) in [4.78, 5) is 4.79. The van der Waals surface area contributed by atoms with Crippen molar-refractivity contribution in [2.24, 2.45) is 0 Å². The second kappa shape index (κ2) is 9.67. The zero-order valence-electron chi connectivity index (χ0n) is 15.8. The SMILES string of the molecule is COCCn1c(SCc2csc(-c3cccc(Br)c3)n2)nnc1-c1ccccc1. The molecule has 0 aliphatic rings. The molecular weight excluding hydrogens is 468 g/mol. The molecule has 0 radical (unpaired) electrons. The standard InChI is InChI=1S/C21H19BrN4OS2/c1-27-11-10-26-19(15-6-3-2-4-7-15)24-25-21(26)29-14-18-13-28-20(23-18)16-8-5-9-17(22)12-16/h2-9,12-13H,10-11,14H2,1H3. The van der Waals surface area contributed by atoms with Crippen LogP contribution >= 0.6 is 39.0 Å². The quantitative estimate of drug-likeness (QED) is 0.296. The van der Waals surface area contributed by atoms with Gasteiger partial charge in [0.1, 0.15) is 5.01 Å². The number of hydrogen-bond donors (Lipinski definition) is 0. The summed E-state index contributed by atoms with van der Waals surface area (Å²) in [5, 5.41) is 12.9. The van der Waals surface area contributed by atoms with Crippen LogP contribution in [-0.2, 0) is 17.0 Å². The van der Waals surface area contributed by atoms with Gasteiger partial charge in [0.25, 0.3) is 0 Å². The van der Waals surface area contributed by atoms with Crippen molar-refractivity contribution in [3.05, 3.63) is 70.1 Å². The average molecular weight is 487 g/mol. The molecule has 0 atom stereocenters. The van der Waals surface area contributed by atoms with E-state index in [0.29, 0.717) is 13.2 Å². The summed E-state index contributed by atoms with van der Waals surface area (Å²) in [5.41, 5.74) is 3.21. The summed E-state index contributed by atoms with van der Waals surface area (Å²) in [7, 11) is 1.71. The Morgan fingerprint density at radius 2 is 1.90 bits per heavy atom. The van der Waals surface area contributed by atoms with Crippen molar-refractivity contribution in [1.29, 1.82) is 0 Å². The monoisotopic (exact) mass is 486 g/mol. The number of halogens is 1. The van der Waals surface area contributed by atoms with Gasteiger partial charge in [-0.15, -0.1) is 21.5 Å². The molecule has 2 heterocycles. The number of nitrogens with zero attached hydrogens (tertiary/aromatic N) is 4. The Morgan fingerprint density at radius 1 is 1.07 bits per heavy atom. The number of benzene rings is 2. The van der Waals surface area contributed by atoms with Gasteiger partial charge in [0.2, 0.25) is 0 Å². The Hall–Kier alpha value is -2.00. The molecule has 148 valence electrons. The van der Waals surface area contributed by atoms with Gasteiger partial charge in [-0.2, -0.15) is 0 Å². The van der Waals surface area contributed by atoms with Crippen LogP contribution in [0.4, 0.5) is 0 Å². The number of ether oxygens (including phenoxy) is 1. The van der Waals surface area contributed by atoms with E-state index in [1.54, 1.807) is 30.2 Å². The summed E-state index contributed by atoms with van der Waals surface area (Å²) in [5.74, 6) is 1.60. The van der Waals surface area contributed by atoms with Crippen LogP contribution in [0.25, 0.3) is 22.0 Å². The highest BCUT2D eigenvalue weighted by atomic mass is 79.9. The number of aromatic nitrogens is 4. The third-order valence-electron chi connectivity index (χ3n) is 4.24. The first-order chi connectivity index (χ1) is 14.2. The second-order valence-electron chi connectivity index (χ2n) is 6.26. The third kappa shape index (κ3) is 4.95. The maximum absolute atomic E-state index is 5.29. The van der Waals surface area contributed by atoms with Gasteiger partial charge in [-0.3, -0.25) is 4.57 Å². The van der Waals surface area contributed by atoms with Crippen molar-refractivity contribution in [1.82, 2.24) is 19.7 Å². The minimum atomic E-state index is 0.606. The number of rotatable bonds is 8. The number of hydrogen-bond acceptors (Lipinski definition) is 6. The van der Waals surface area contributed by atoms with Crippen LogP contribution in [0.5, 0.6) is 0 Å². The molecule has 0 amide bonds. The van der Waals surface area contributed by atoms with Crippen LogP contribution in [0.3, 0.4) is 0 Å². The van der Waals surface area contributed by atoms with Gasteiger partial charge in [0, 0.05) is 33.8 Å². The van der Waals surface area contributed by atoms with Crippen LogP contribution in [0, 0.1) is 0 Å². The smallest absolute Gasteiger partial charge is 0.191 e. The summed E-state index contributed by atoms with van der Waals surface area (Å²) in [6, 6.07) is 18.3. The zero-order chi connectivity index (χ0) is 20.1. The summed E-state index contributed by atoms with van der Waals surface area (Å²) < 4.78 is 8.46. The highest BCUT2D eigenvalue weighted by Gasteiger charge is 2.15. The number of methoxy groups -OCH3 is 1. The summed E-state index contributed by atoms with van der Waals surface area (Å²) in [6.45, 7) is 1.31. The van der Waals surface area contributed by atoms with E-state index in [1.807, 2.05) is 42.5 Å². The van der Waals surface area contributed by atoms with E-state index in [9.17, 15) is 0 Å². The highest BCUT2D eigenvalue weighted by Crippen LogP contribution is 2.30. The van der Waals surface area contributed by atoms with Gasteiger partial charge in [0.05, 0.1) is 18.8 Å². The van der Waals surface area contributed by atoms with Crippen molar-refractivity contribution in [2.45, 2.75) is 17.5 Å². The molecule has 4 aromatic rings. The molecule has 29 heavy (non-hydrogen) atoms. The Morgan fingerprint density at radius 3 is 2.69 bits per heavy atom. The van der Waals surface area contributed by atoms with Crippen LogP contribution in [0.2, 0.25) is 0 Å². The maximum Gasteiger partial charge on any atom is 0.191 e. The lowest BCUT2D eigenvalue weighted by atomic mass is 10.2. The fourth-order valence-electron chi connectivity index (χ4n) is 2.85. The molecule has 0 bridgehead atoms. The molecule has 8 heteroatoms. The Kier molecular flexibility index (Phi) is 6.76. The molecule has 5 nitrogen and oxygen atoms in total. The van der Waals surface area contributed by atoms with E-state index in [1.165, 1.54) is 0 Å². The van der Waals surface area contributed by atoms with Gasteiger partial charge in [-0.1, -0.05) is 70.2 Å². The van der Waals surface area contributed by atoms with Crippen LogP contribution in [0.15, 0.2) is 69.6 Å². The first-order valence-electron chi connectivity index (χ1n) is 9.05. The van der Waals surface area contributed by atoms with E-state index in [2.05, 4.69) is 48.2 Å². The molecular formula is C21H19BrN4OS2. The lowest BCUT2D eigenvalue weighted by molar-refractivity contribution is 0.185. The Bertz CT molecular complexity index is 1080. The van der Waals surface area contributed by atoms with Crippen molar-refractivity contribution in [3.63, 3.8) is 0 Å². The number of thiazole rings is 1. The van der Waals surface area contributed by atoms with Gasteiger partial charge in [-0.05, 0) is 12.1 Å². The maximum atomic E-state index is 5.29. The number of thioether (sulfide) groups is 1. The first-order valence-corrected chi connectivity index (χ1v) is 11.7. The van der Waals surface area contributed by atoms with Gasteiger partial charge in [-0.25, -0.2) is 4.98 Å². The van der Waals surface area contributed by atoms with E-state index in [-0.39, 0.29) is 0 Å². The molecule has 0 N–H and O–H groups in total. The van der Waals surface area contributed by atoms with Gasteiger partial charge < -0.3 is 4.74 Å². The molecule has 0 fully saturated rings. The molecule has 0 spiro atoms. The van der Waals surface area contributed by atoms with E-state index < -0.39 is 0 Å². The van der Waals surface area contributed by atoms with Crippen LogP contribution in [-0.4, -0.2) is 33.5 Å². The Balaban J connectivity index is 1.52. The summed E-state index contributed by atoms with van der Waals surface area (Å²) in [6.07, 6.45) is 0. The average Bonchev–Trinajstić information content (AvgIpc) is 3.38. The zero-order valence-corrected chi connectivity index (χ0v) is 19.0. The Labute approximate surface area is 186 Å². The minimum Gasteiger partial charge on any atom is -0.383 e.